The minimum atomic E-state index is -2.71. The average Bonchev–Trinajstić information content (AvgIpc) is 3.33. The summed E-state index contributed by atoms with van der Waals surface area (Å²) in [7, 11) is -2.71. The zero-order valence-electron chi connectivity index (χ0n) is 22.7. The number of carbonyl (C=O) groups excluding carboxylic acids is 1. The Hall–Kier alpha value is -2.64. The molecule has 0 aliphatic carbocycles. The van der Waals surface area contributed by atoms with Gasteiger partial charge in [0.15, 0.2) is 6.10 Å². The third-order valence-corrected chi connectivity index (χ3v) is 11.8. The normalized spacial score (nSPS) is 19.4. The van der Waals surface area contributed by atoms with Gasteiger partial charge in [-0.1, -0.05) is 104 Å². The second-order valence-electron chi connectivity index (χ2n) is 11.5. The first kappa shape index (κ1) is 27.9. The van der Waals surface area contributed by atoms with Crippen LogP contribution < -0.4 is 10.5 Å². The number of rotatable bonds is 9. The largest absolute Gasteiger partial charge is 0.444 e. The molecule has 0 saturated heterocycles. The molecule has 3 rings (SSSR count). The predicted octanol–water partition coefficient (Wildman–Crippen LogP) is 5.40. The van der Waals surface area contributed by atoms with Crippen LogP contribution in [0.2, 0.25) is 13.1 Å². The SMILES string of the molecule is CC[C@H](C)C[C@H](NC(=O)OC(C)(C)C)C(O)([C@@H]1CC(c2ccccc2)=NO1)[Si](C)(C)c1ccccc1. The second-order valence-corrected chi connectivity index (χ2v) is 16.1. The summed E-state index contributed by atoms with van der Waals surface area (Å²) in [5.74, 6) is 0.271. The van der Waals surface area contributed by atoms with Gasteiger partial charge in [-0.15, -0.1) is 0 Å². The highest BCUT2D eigenvalue weighted by molar-refractivity contribution is 6.92. The first-order valence-electron chi connectivity index (χ1n) is 12.9. The summed E-state index contributed by atoms with van der Waals surface area (Å²) in [4.78, 5) is 19.1. The van der Waals surface area contributed by atoms with Gasteiger partial charge in [0.05, 0.1) is 11.8 Å². The van der Waals surface area contributed by atoms with E-state index >= 15 is 0 Å². The van der Waals surface area contributed by atoms with E-state index in [1.807, 2.05) is 69.3 Å². The standard InChI is InChI=1S/C29H42N2O4Si/c1-8-21(2)19-25(30-27(32)34-28(3,4)5)29(33,36(6,7)23-17-13-10-14-18-23)26-20-24(31-35-26)22-15-11-9-12-16-22/h9-18,21,25-26,33H,8,19-20H2,1-7H3,(H,30,32)/t21-,25-,26-,29?/m0/s1. The fourth-order valence-electron chi connectivity index (χ4n) is 4.93. The lowest BCUT2D eigenvalue weighted by Gasteiger charge is -2.49. The number of oxime groups is 1. The molecule has 2 N–H and O–H groups in total. The zero-order valence-corrected chi connectivity index (χ0v) is 23.7. The summed E-state index contributed by atoms with van der Waals surface area (Å²) >= 11 is 0. The molecule has 2 aromatic rings. The molecule has 1 amide bonds. The zero-order chi connectivity index (χ0) is 26.6. The van der Waals surface area contributed by atoms with Crippen LogP contribution in [0, 0.1) is 5.92 Å². The van der Waals surface area contributed by atoms with E-state index in [-0.39, 0.29) is 5.92 Å². The maximum atomic E-state index is 13.1. The van der Waals surface area contributed by atoms with E-state index in [0.29, 0.717) is 12.8 Å². The number of aliphatic hydroxyl groups is 1. The smallest absolute Gasteiger partial charge is 0.407 e. The summed E-state index contributed by atoms with van der Waals surface area (Å²) < 4.78 is 5.63. The molecule has 1 heterocycles. The highest BCUT2D eigenvalue weighted by atomic mass is 28.3. The van der Waals surface area contributed by atoms with Crippen molar-refractivity contribution in [2.24, 2.45) is 11.1 Å². The van der Waals surface area contributed by atoms with Crippen molar-refractivity contribution in [3.05, 3.63) is 66.2 Å². The van der Waals surface area contributed by atoms with Crippen LogP contribution in [0.15, 0.2) is 65.8 Å². The molecule has 6 nitrogen and oxygen atoms in total. The van der Waals surface area contributed by atoms with Crippen molar-refractivity contribution in [1.82, 2.24) is 5.32 Å². The van der Waals surface area contributed by atoms with E-state index < -0.39 is 37.1 Å². The van der Waals surface area contributed by atoms with Crippen molar-refractivity contribution in [3.8, 4) is 0 Å². The number of amides is 1. The van der Waals surface area contributed by atoms with Gasteiger partial charge in [0.25, 0.3) is 0 Å². The Balaban J connectivity index is 2.06. The van der Waals surface area contributed by atoms with Crippen LogP contribution in [0.3, 0.4) is 0 Å². The Morgan fingerprint density at radius 1 is 1.14 bits per heavy atom. The molecular formula is C29H42N2O4Si. The summed E-state index contributed by atoms with van der Waals surface area (Å²) in [6.45, 7) is 14.1. The average molecular weight is 511 g/mol. The third-order valence-electron chi connectivity index (χ3n) is 7.32. The van der Waals surface area contributed by atoms with E-state index in [4.69, 9.17) is 9.57 Å². The molecule has 0 aromatic heterocycles. The van der Waals surface area contributed by atoms with E-state index in [1.165, 1.54) is 0 Å². The lowest BCUT2D eigenvalue weighted by Crippen LogP contribution is -2.76. The van der Waals surface area contributed by atoms with E-state index in [0.717, 1.165) is 22.9 Å². The van der Waals surface area contributed by atoms with Crippen LogP contribution in [-0.4, -0.2) is 48.0 Å². The predicted molar refractivity (Wildman–Crippen MR) is 148 cm³/mol. The summed E-state index contributed by atoms with van der Waals surface area (Å²) in [5.41, 5.74) is 1.12. The monoisotopic (exact) mass is 510 g/mol. The van der Waals surface area contributed by atoms with E-state index in [1.54, 1.807) is 0 Å². The third kappa shape index (κ3) is 6.18. The van der Waals surface area contributed by atoms with Gasteiger partial charge < -0.3 is 20.0 Å². The van der Waals surface area contributed by atoms with Crippen molar-refractivity contribution in [1.29, 1.82) is 0 Å². The Kier molecular flexibility index (Phi) is 8.67. The maximum Gasteiger partial charge on any atom is 0.407 e. The van der Waals surface area contributed by atoms with Gasteiger partial charge in [-0.25, -0.2) is 4.79 Å². The number of ether oxygens (including phenoxy) is 1. The Labute approximate surface area is 217 Å². The first-order chi connectivity index (χ1) is 16.9. The highest BCUT2D eigenvalue weighted by Gasteiger charge is 2.60. The topological polar surface area (TPSA) is 80.2 Å². The molecule has 2 aromatic carbocycles. The van der Waals surface area contributed by atoms with Crippen LogP contribution in [0.1, 0.15) is 59.4 Å². The van der Waals surface area contributed by atoms with Crippen LogP contribution in [0.5, 0.6) is 0 Å². The molecule has 36 heavy (non-hydrogen) atoms. The van der Waals surface area contributed by atoms with Crippen molar-refractivity contribution >= 4 is 25.1 Å². The number of nitrogens with one attached hydrogen (secondary N) is 1. The van der Waals surface area contributed by atoms with Crippen LogP contribution >= 0.6 is 0 Å². The molecule has 4 atom stereocenters. The number of alkyl carbamates (subject to hydrolysis) is 1. The fraction of sp³-hybridized carbons (Fsp3) is 0.517. The highest BCUT2D eigenvalue weighted by Crippen LogP contribution is 2.38. The van der Waals surface area contributed by atoms with Gasteiger partial charge in [0, 0.05) is 6.42 Å². The van der Waals surface area contributed by atoms with Crippen LogP contribution in [0.25, 0.3) is 0 Å². The molecule has 0 saturated carbocycles. The minimum Gasteiger partial charge on any atom is -0.444 e. The van der Waals surface area contributed by atoms with Crippen LogP contribution in [0.4, 0.5) is 4.79 Å². The Bertz CT molecular complexity index is 1040. The Morgan fingerprint density at radius 3 is 2.28 bits per heavy atom. The van der Waals surface area contributed by atoms with Gasteiger partial charge in [-0.2, -0.15) is 0 Å². The number of carbonyl (C=O) groups is 1. The van der Waals surface area contributed by atoms with Gasteiger partial charge in [0.2, 0.25) is 0 Å². The maximum absolute atomic E-state index is 13.1. The molecule has 0 fully saturated rings. The second kappa shape index (κ2) is 11.2. The summed E-state index contributed by atoms with van der Waals surface area (Å²) in [6, 6.07) is 19.4. The van der Waals surface area contributed by atoms with Crippen molar-refractivity contribution in [3.63, 3.8) is 0 Å². The van der Waals surface area contributed by atoms with E-state index in [2.05, 4.69) is 49.5 Å². The summed E-state index contributed by atoms with van der Waals surface area (Å²) in [5, 5.41) is 20.1. The quantitative estimate of drug-likeness (QED) is 0.443. The summed E-state index contributed by atoms with van der Waals surface area (Å²) in [6.07, 6.45) is 0.827. The molecule has 1 aliphatic heterocycles. The van der Waals surface area contributed by atoms with Gasteiger partial charge in [0.1, 0.15) is 18.9 Å². The first-order valence-corrected chi connectivity index (χ1v) is 15.9. The van der Waals surface area contributed by atoms with E-state index in [9.17, 15) is 9.90 Å². The molecule has 196 valence electrons. The fourth-order valence-corrected chi connectivity index (χ4v) is 8.44. The number of hydrogen-bond donors (Lipinski definition) is 2. The number of benzene rings is 2. The molecule has 0 bridgehead atoms. The van der Waals surface area contributed by atoms with Gasteiger partial charge >= 0.3 is 6.09 Å². The van der Waals surface area contributed by atoms with Crippen molar-refractivity contribution in [2.45, 2.75) is 89.9 Å². The minimum absolute atomic E-state index is 0.271. The number of hydrogen-bond acceptors (Lipinski definition) is 5. The van der Waals surface area contributed by atoms with Gasteiger partial charge in [-0.05, 0) is 38.7 Å². The molecule has 1 unspecified atom stereocenters. The lowest BCUT2D eigenvalue weighted by molar-refractivity contribution is -0.0730. The molecule has 0 radical (unpaired) electrons. The number of nitrogens with zero attached hydrogens (tertiary/aromatic N) is 1. The lowest BCUT2D eigenvalue weighted by atomic mass is 9.90. The van der Waals surface area contributed by atoms with Crippen molar-refractivity contribution in [2.75, 3.05) is 0 Å². The van der Waals surface area contributed by atoms with Gasteiger partial charge in [-0.3, -0.25) is 0 Å². The molecule has 1 aliphatic rings. The van der Waals surface area contributed by atoms with Crippen molar-refractivity contribution < 1.29 is 19.5 Å². The molecular weight excluding hydrogens is 468 g/mol. The van der Waals surface area contributed by atoms with Crippen LogP contribution in [-0.2, 0) is 9.57 Å². The molecule has 7 heteroatoms. The molecule has 0 spiro atoms. The Morgan fingerprint density at radius 2 is 1.72 bits per heavy atom.